The number of hydrogen-bond acceptors (Lipinski definition) is 25. The molecule has 4 fully saturated rings. The van der Waals surface area contributed by atoms with E-state index in [-0.39, 0.29) is 42.5 Å². The Balaban J connectivity index is 0.000000172. The van der Waals surface area contributed by atoms with Crippen LogP contribution < -0.4 is 22.5 Å². The normalized spacial score (nSPS) is 32.6. The van der Waals surface area contributed by atoms with Gasteiger partial charge in [-0.2, -0.15) is 0 Å². The number of aliphatic hydroxyl groups is 12. The van der Waals surface area contributed by atoms with E-state index < -0.39 is 124 Å². The number of aromatic amines is 3. The van der Waals surface area contributed by atoms with Crippen molar-refractivity contribution in [1.82, 2.24) is 38.2 Å². The first-order chi connectivity index (χ1) is 32.6. The molecule has 16 atom stereocenters. The Labute approximate surface area is 407 Å². The molecule has 0 aromatic carbocycles. The number of H-pyrrole nitrogens is 3. The molecule has 4 aromatic rings. The zero-order valence-electron chi connectivity index (χ0n) is 35.8. The molecule has 0 amide bonds. The molecule has 382 valence electrons. The topological polar surface area (TPSA) is 437 Å². The Morgan fingerprint density at radius 3 is 1.35 bits per heavy atom. The van der Waals surface area contributed by atoms with Gasteiger partial charge in [0.15, 0.2) is 34.5 Å². The molecular formula is C37H51N9O19S4. The van der Waals surface area contributed by atoms with E-state index in [4.69, 9.17) is 94.0 Å². The average Bonchev–Trinajstić information content (AvgIpc) is 3.97. The van der Waals surface area contributed by atoms with Gasteiger partial charge in [0.2, 0.25) is 4.77 Å². The number of aliphatic hydroxyl groups excluding tert-OH is 12. The third-order valence-corrected chi connectivity index (χ3v) is 12.0. The smallest absolute Gasteiger partial charge is 0.328 e. The monoisotopic (exact) mass is 1050 g/mol. The van der Waals surface area contributed by atoms with Crippen molar-refractivity contribution in [2.45, 2.75) is 105 Å². The minimum absolute atomic E-state index is 0.0762. The van der Waals surface area contributed by atoms with Gasteiger partial charge in [-0.3, -0.25) is 42.8 Å². The number of hydrogen-bond donors (Lipinski definition) is 16. The molecule has 8 rings (SSSR count). The molecule has 0 aliphatic carbocycles. The predicted molar refractivity (Wildman–Crippen MR) is 242 cm³/mol. The van der Waals surface area contributed by atoms with Gasteiger partial charge in [-0.1, -0.05) is 12.2 Å². The van der Waals surface area contributed by atoms with Crippen molar-refractivity contribution in [2.24, 2.45) is 0 Å². The maximum atomic E-state index is 11.6. The fourth-order valence-corrected chi connectivity index (χ4v) is 8.02. The first-order valence-electron chi connectivity index (χ1n) is 20.4. The Kier molecular flexibility index (Phi) is 19.6. The van der Waals surface area contributed by atoms with Gasteiger partial charge in [0, 0.05) is 36.4 Å². The minimum atomic E-state index is -1.28. The second-order valence-corrected chi connectivity index (χ2v) is 17.0. The predicted octanol–water partition coefficient (Wildman–Crippen LogP) is -5.33. The van der Waals surface area contributed by atoms with Crippen molar-refractivity contribution in [3.05, 3.63) is 98.7 Å². The van der Waals surface area contributed by atoms with Crippen molar-refractivity contribution in [1.29, 1.82) is 0 Å². The van der Waals surface area contributed by atoms with Gasteiger partial charge in [0.1, 0.15) is 83.7 Å². The molecule has 0 saturated carbocycles. The largest absolute Gasteiger partial charge is 0.394 e. The van der Waals surface area contributed by atoms with Crippen molar-refractivity contribution < 1.29 is 80.2 Å². The van der Waals surface area contributed by atoms with Crippen LogP contribution in [-0.4, -0.2) is 199 Å². The summed E-state index contributed by atoms with van der Waals surface area (Å²) >= 11 is 19.6. The summed E-state index contributed by atoms with van der Waals surface area (Å²) in [6, 6.07) is 4.19. The van der Waals surface area contributed by atoms with Gasteiger partial charge in [-0.25, -0.2) is 9.78 Å². The lowest BCUT2D eigenvalue weighted by atomic mass is 10.1. The van der Waals surface area contributed by atoms with Gasteiger partial charge in [-0.05, 0) is 55.7 Å². The molecule has 0 unspecified atom stereocenters. The van der Waals surface area contributed by atoms with E-state index in [1.807, 2.05) is 0 Å². The first kappa shape index (κ1) is 55.7. The Bertz CT molecular complexity index is 2700. The summed E-state index contributed by atoms with van der Waals surface area (Å²) in [6.07, 6.45) is -11.3. The van der Waals surface area contributed by atoms with Gasteiger partial charge in [0.05, 0.1) is 26.4 Å². The van der Waals surface area contributed by atoms with Gasteiger partial charge >= 0.3 is 5.69 Å². The number of nitrogen functional groups attached to an aromatic ring is 1. The average molecular weight is 1050 g/mol. The van der Waals surface area contributed by atoms with E-state index in [0.717, 1.165) is 4.57 Å². The highest BCUT2D eigenvalue weighted by Gasteiger charge is 2.46. The summed E-state index contributed by atoms with van der Waals surface area (Å²) in [5, 5.41) is 113. The molecular weight excluding hydrogens is 1000 g/mol. The molecule has 4 saturated heterocycles. The highest BCUT2D eigenvalue weighted by molar-refractivity contribution is 7.71. The Morgan fingerprint density at radius 1 is 0.551 bits per heavy atom. The van der Waals surface area contributed by atoms with E-state index in [1.165, 1.54) is 56.7 Å². The first-order valence-corrected chi connectivity index (χ1v) is 22.0. The van der Waals surface area contributed by atoms with Gasteiger partial charge in [0.25, 0.3) is 11.1 Å². The summed E-state index contributed by atoms with van der Waals surface area (Å²) < 4.78 is 26.8. The van der Waals surface area contributed by atoms with Crippen LogP contribution in [0.5, 0.6) is 0 Å². The van der Waals surface area contributed by atoms with E-state index in [2.05, 4.69) is 19.9 Å². The lowest BCUT2D eigenvalue weighted by molar-refractivity contribution is -0.0550. The van der Waals surface area contributed by atoms with E-state index in [9.17, 15) is 55.2 Å². The lowest BCUT2D eigenvalue weighted by Crippen LogP contribution is -2.35. The maximum absolute atomic E-state index is 11.6. The van der Waals surface area contributed by atoms with Gasteiger partial charge in [-0.15, -0.1) is 0 Å². The lowest BCUT2D eigenvalue weighted by Gasteiger charge is -2.18. The second kappa shape index (κ2) is 24.3. The van der Waals surface area contributed by atoms with E-state index in [0.29, 0.717) is 5.56 Å². The standard InChI is InChI=1S/C10H14N2O5S.C9H13N3O4S.2C9H12N2O5S/c1-4-2-12(10(18)11-8(4)16)9-7(15)6(14)5(3-13)17-9;10-5-1-2-12(9(17)11-5)8-7(15)6(14)4(3-13)16-8;12-3-4-6(13)7(14)8(16-4)11-2-1-5(17)10-9(11)15;12-3-4-6(14)7(15)8(16-4)11-2-1-5(13)10-9(11)17/h2,5-7,9,13-15H,3H2,1H3,(H,11,16,18);1-2,4,6-8,13-15H,3H2,(H2,10,11,17);1-2,4,6-8,12-14H,3H2,(H,10,15,17);1-2,4,6-8,12,14-15H,3H2,(H,10,13,17)/t5-,6-,7-,9-;3*4-,6-,7-,8-/m1111/s1. The van der Waals surface area contributed by atoms with Crippen LogP contribution in [0, 0.1) is 25.9 Å². The maximum Gasteiger partial charge on any atom is 0.328 e. The number of anilines is 1. The van der Waals surface area contributed by atoms with E-state index in [1.54, 1.807) is 6.92 Å². The van der Waals surface area contributed by atoms with Gasteiger partial charge < -0.3 is 86.0 Å². The molecule has 0 spiro atoms. The third-order valence-electron chi connectivity index (χ3n) is 10.9. The molecule has 17 N–H and O–H groups in total. The van der Waals surface area contributed by atoms with Crippen molar-refractivity contribution in [2.75, 3.05) is 32.2 Å². The van der Waals surface area contributed by atoms with Crippen LogP contribution in [0.15, 0.2) is 57.4 Å². The number of nitrogens with zero attached hydrogens (tertiary/aromatic N) is 5. The Morgan fingerprint density at radius 2 is 0.942 bits per heavy atom. The van der Waals surface area contributed by atoms with Crippen LogP contribution in [0.1, 0.15) is 30.5 Å². The molecule has 4 aliphatic rings. The second-order valence-electron chi connectivity index (χ2n) is 15.5. The van der Waals surface area contributed by atoms with Crippen LogP contribution in [0.25, 0.3) is 0 Å². The molecule has 0 bridgehead atoms. The number of aromatic nitrogens is 8. The van der Waals surface area contributed by atoms with Crippen molar-refractivity contribution in [3.63, 3.8) is 0 Å². The fraction of sp³-hybridized carbons (Fsp3) is 0.568. The summed E-state index contributed by atoms with van der Waals surface area (Å²) in [4.78, 5) is 44.9. The molecule has 8 heterocycles. The fourth-order valence-electron chi connectivity index (χ4n) is 7.09. The van der Waals surface area contributed by atoms with Crippen LogP contribution in [-0.2, 0) is 18.9 Å². The summed E-state index contributed by atoms with van der Waals surface area (Å²) in [5.41, 5.74) is 4.63. The van der Waals surface area contributed by atoms with Crippen LogP contribution in [0.2, 0.25) is 0 Å². The number of nitrogens with one attached hydrogen (secondary N) is 3. The van der Waals surface area contributed by atoms with Crippen LogP contribution in [0.4, 0.5) is 5.82 Å². The highest BCUT2D eigenvalue weighted by Crippen LogP contribution is 2.32. The highest BCUT2D eigenvalue weighted by atomic mass is 32.1. The zero-order chi connectivity index (χ0) is 51.2. The van der Waals surface area contributed by atoms with E-state index >= 15 is 0 Å². The molecule has 69 heavy (non-hydrogen) atoms. The summed E-state index contributed by atoms with van der Waals surface area (Å²) in [7, 11) is 0. The number of ether oxygens (including phenoxy) is 4. The number of rotatable bonds is 8. The van der Waals surface area contributed by atoms with Crippen LogP contribution in [0.3, 0.4) is 0 Å². The molecule has 4 aliphatic heterocycles. The molecule has 28 nitrogen and oxygen atoms in total. The SMILES string of the molecule is Cc1cn([C@@H]2O[C@H](CO)[C@@H](O)[C@H]2O)c(=S)[nH]c1=O.Nc1ccn([C@@H]2O[C@H](CO)[C@@H](O)[C@H]2O)c(=S)n1.O=c1[nH]c(=S)ccn1[C@@H]1O[C@H](CO)[C@@H](O)[C@H]1O.O=c1ccn([C@@H]2O[C@H](CO)[C@@H](O)[C@H]2O)c(=S)[nH]1. The third kappa shape index (κ3) is 12.6. The van der Waals surface area contributed by atoms with Crippen molar-refractivity contribution >= 4 is 54.7 Å². The summed E-state index contributed by atoms with van der Waals surface area (Å²) in [6.45, 7) is -0.0576. The molecule has 0 radical (unpaired) electrons. The molecule has 32 heteroatoms. The number of aryl methyl sites for hydroxylation is 1. The Hall–Kier alpha value is -4.24. The van der Waals surface area contributed by atoms with Crippen molar-refractivity contribution in [3.8, 4) is 0 Å². The number of nitrogens with two attached hydrogens (primary N) is 1. The quantitative estimate of drug-likeness (QED) is 0.0733. The zero-order valence-corrected chi connectivity index (χ0v) is 39.0. The summed E-state index contributed by atoms with van der Waals surface area (Å²) in [5.74, 6) is 0.262. The van der Waals surface area contributed by atoms with Crippen LogP contribution >= 0.6 is 48.9 Å². The minimum Gasteiger partial charge on any atom is -0.394 e. The molecule has 4 aromatic heterocycles.